The maximum atomic E-state index is 13.5. The maximum absolute atomic E-state index is 13.5. The molecule has 1 fully saturated rings. The van der Waals surface area contributed by atoms with Crippen LogP contribution in [0.15, 0.2) is 78.9 Å². The zero-order valence-electron chi connectivity index (χ0n) is 22.5. The van der Waals surface area contributed by atoms with Gasteiger partial charge in [-0.3, -0.25) is 14.5 Å². The molecule has 1 unspecified atom stereocenters. The molecule has 1 aliphatic heterocycles. The van der Waals surface area contributed by atoms with Crippen molar-refractivity contribution in [2.75, 3.05) is 32.8 Å². The molecule has 8 nitrogen and oxygen atoms in total. The Labute approximate surface area is 234 Å². The number of amides is 2. The lowest BCUT2D eigenvalue weighted by atomic mass is 9.98. The van der Waals surface area contributed by atoms with Crippen molar-refractivity contribution in [2.45, 2.75) is 37.8 Å². The zero-order chi connectivity index (χ0) is 27.9. The summed E-state index contributed by atoms with van der Waals surface area (Å²) in [6, 6.07) is 25.4. The van der Waals surface area contributed by atoms with Crippen molar-refractivity contribution in [1.29, 1.82) is 0 Å². The number of rotatable bonds is 9. The molecule has 0 aromatic heterocycles. The van der Waals surface area contributed by atoms with Crippen LogP contribution in [0.5, 0.6) is 0 Å². The summed E-state index contributed by atoms with van der Waals surface area (Å²) in [6.45, 7) is 3.57. The second kappa shape index (κ2) is 12.8. The molecule has 8 heteroatoms. The Bertz CT molecular complexity index is 1300. The van der Waals surface area contributed by atoms with E-state index >= 15 is 0 Å². The van der Waals surface area contributed by atoms with Crippen molar-refractivity contribution in [3.8, 4) is 11.1 Å². The van der Waals surface area contributed by atoms with Crippen LogP contribution in [0.1, 0.15) is 41.9 Å². The van der Waals surface area contributed by atoms with Gasteiger partial charge in [0.15, 0.2) is 0 Å². The smallest absolute Gasteiger partial charge is 0.407 e. The summed E-state index contributed by atoms with van der Waals surface area (Å²) in [5.74, 6) is -1.39. The SMILES string of the molecule is O=C(O)CCC(NC(=O)OCC1c2ccccc2-c2ccccc21)C(=O)N1CCCN(Cc2ccccc2)CC1. The van der Waals surface area contributed by atoms with Gasteiger partial charge >= 0.3 is 12.1 Å². The Morgan fingerprint density at radius 1 is 0.850 bits per heavy atom. The van der Waals surface area contributed by atoms with Crippen molar-refractivity contribution in [1.82, 2.24) is 15.1 Å². The number of carbonyl (C=O) groups excluding carboxylic acids is 2. The number of carbonyl (C=O) groups is 3. The van der Waals surface area contributed by atoms with Gasteiger partial charge < -0.3 is 20.1 Å². The van der Waals surface area contributed by atoms with E-state index in [9.17, 15) is 19.5 Å². The van der Waals surface area contributed by atoms with Gasteiger partial charge in [-0.2, -0.15) is 0 Å². The molecule has 1 saturated heterocycles. The van der Waals surface area contributed by atoms with Crippen LogP contribution in [-0.2, 0) is 20.9 Å². The first-order chi connectivity index (χ1) is 19.5. The topological polar surface area (TPSA) is 99.2 Å². The molecular formula is C32H35N3O5. The summed E-state index contributed by atoms with van der Waals surface area (Å²) in [7, 11) is 0. The normalized spacial score (nSPS) is 15.9. The minimum atomic E-state index is -1.02. The van der Waals surface area contributed by atoms with Crippen LogP contribution in [0, 0.1) is 0 Å². The summed E-state index contributed by atoms with van der Waals surface area (Å²) in [6.07, 6.45) is -0.141. The van der Waals surface area contributed by atoms with E-state index in [0.29, 0.717) is 19.6 Å². The molecule has 0 bridgehead atoms. The Balaban J connectivity index is 1.20. The van der Waals surface area contributed by atoms with Gasteiger partial charge in [-0.05, 0) is 40.7 Å². The van der Waals surface area contributed by atoms with Crippen LogP contribution in [0.2, 0.25) is 0 Å². The number of nitrogens with one attached hydrogen (secondary N) is 1. The van der Waals surface area contributed by atoms with E-state index in [2.05, 4.69) is 34.5 Å². The van der Waals surface area contributed by atoms with Crippen LogP contribution in [0.25, 0.3) is 11.1 Å². The number of hydrogen-bond donors (Lipinski definition) is 2. The van der Waals surface area contributed by atoms with Gasteiger partial charge in [-0.15, -0.1) is 0 Å². The number of nitrogens with zero attached hydrogens (tertiary/aromatic N) is 2. The molecule has 3 aromatic rings. The standard InChI is InChI=1S/C32H35N3O5/c36-30(37)16-15-29(31(38)35-18-8-17-34(19-20-35)21-23-9-2-1-3-10-23)33-32(39)40-22-28-26-13-6-4-11-24(26)25-12-5-7-14-27(25)28/h1-7,9-14,28-29H,8,15-22H2,(H,33,39)(H,36,37). The molecule has 40 heavy (non-hydrogen) atoms. The molecule has 2 amide bonds. The quantitative estimate of drug-likeness (QED) is 0.414. The van der Waals surface area contributed by atoms with E-state index in [1.165, 1.54) is 5.56 Å². The number of benzene rings is 3. The third-order valence-electron chi connectivity index (χ3n) is 7.73. The van der Waals surface area contributed by atoms with Crippen molar-refractivity contribution >= 4 is 18.0 Å². The zero-order valence-corrected chi connectivity index (χ0v) is 22.5. The Hall–Kier alpha value is -4.17. The van der Waals surface area contributed by atoms with Crippen LogP contribution >= 0.6 is 0 Å². The van der Waals surface area contributed by atoms with E-state index in [-0.39, 0.29) is 31.3 Å². The van der Waals surface area contributed by atoms with Crippen molar-refractivity contribution in [2.24, 2.45) is 0 Å². The third-order valence-corrected chi connectivity index (χ3v) is 7.73. The third kappa shape index (κ3) is 6.51. The van der Waals surface area contributed by atoms with Gasteiger partial charge in [0, 0.05) is 45.1 Å². The fourth-order valence-corrected chi connectivity index (χ4v) is 5.72. The van der Waals surface area contributed by atoms with Crippen molar-refractivity contribution < 1.29 is 24.2 Å². The van der Waals surface area contributed by atoms with Gasteiger partial charge in [0.25, 0.3) is 0 Å². The van der Waals surface area contributed by atoms with Gasteiger partial charge in [0.1, 0.15) is 12.6 Å². The number of aliphatic carboxylic acids is 1. The highest BCUT2D eigenvalue weighted by Gasteiger charge is 2.31. The predicted octanol–water partition coefficient (Wildman–Crippen LogP) is 4.49. The van der Waals surface area contributed by atoms with Crippen LogP contribution in [0.4, 0.5) is 4.79 Å². The van der Waals surface area contributed by atoms with Crippen molar-refractivity contribution in [3.05, 3.63) is 95.6 Å². The molecule has 2 N–H and O–H groups in total. The molecule has 2 aliphatic rings. The van der Waals surface area contributed by atoms with Crippen LogP contribution in [-0.4, -0.2) is 71.7 Å². The summed E-state index contributed by atoms with van der Waals surface area (Å²) in [4.78, 5) is 41.8. The fourth-order valence-electron chi connectivity index (χ4n) is 5.72. The molecule has 1 aliphatic carbocycles. The number of carboxylic acids is 1. The summed E-state index contributed by atoms with van der Waals surface area (Å²) < 4.78 is 5.65. The summed E-state index contributed by atoms with van der Waals surface area (Å²) >= 11 is 0. The fraction of sp³-hybridized carbons (Fsp3) is 0.344. The minimum Gasteiger partial charge on any atom is -0.481 e. The average molecular weight is 542 g/mol. The summed E-state index contributed by atoms with van der Waals surface area (Å²) in [5.41, 5.74) is 5.67. The van der Waals surface area contributed by atoms with Crippen molar-refractivity contribution in [3.63, 3.8) is 0 Å². The highest BCUT2D eigenvalue weighted by atomic mass is 16.5. The highest BCUT2D eigenvalue weighted by molar-refractivity contribution is 5.86. The molecule has 0 spiro atoms. The van der Waals surface area contributed by atoms with E-state index in [1.807, 2.05) is 54.6 Å². The van der Waals surface area contributed by atoms with Gasteiger partial charge in [-0.25, -0.2) is 4.79 Å². The number of carboxylic acid groups (broad SMARTS) is 1. The molecule has 5 rings (SSSR count). The second-order valence-electron chi connectivity index (χ2n) is 10.4. The minimum absolute atomic E-state index is 0.00257. The molecule has 208 valence electrons. The van der Waals surface area contributed by atoms with Crippen LogP contribution < -0.4 is 5.32 Å². The lowest BCUT2D eigenvalue weighted by Gasteiger charge is -2.27. The largest absolute Gasteiger partial charge is 0.481 e. The van der Waals surface area contributed by atoms with E-state index in [4.69, 9.17) is 4.74 Å². The Kier molecular flexibility index (Phi) is 8.76. The second-order valence-corrected chi connectivity index (χ2v) is 10.4. The molecule has 1 heterocycles. The number of fused-ring (bicyclic) bond motifs is 3. The summed E-state index contributed by atoms with van der Waals surface area (Å²) in [5, 5.41) is 11.9. The van der Waals surface area contributed by atoms with Gasteiger partial charge in [0.05, 0.1) is 0 Å². The number of ether oxygens (including phenoxy) is 1. The predicted molar refractivity (Wildman–Crippen MR) is 152 cm³/mol. The van der Waals surface area contributed by atoms with Crippen LogP contribution in [0.3, 0.4) is 0 Å². The van der Waals surface area contributed by atoms with Gasteiger partial charge in [0.2, 0.25) is 5.91 Å². The van der Waals surface area contributed by atoms with E-state index in [0.717, 1.165) is 41.8 Å². The molecule has 3 aromatic carbocycles. The maximum Gasteiger partial charge on any atom is 0.407 e. The number of hydrogen-bond acceptors (Lipinski definition) is 5. The highest BCUT2D eigenvalue weighted by Crippen LogP contribution is 2.44. The Morgan fingerprint density at radius 2 is 1.50 bits per heavy atom. The lowest BCUT2D eigenvalue weighted by molar-refractivity contribution is -0.138. The molecule has 0 radical (unpaired) electrons. The average Bonchev–Trinajstić information content (AvgIpc) is 3.10. The first kappa shape index (κ1) is 27.4. The Morgan fingerprint density at radius 3 is 2.17 bits per heavy atom. The first-order valence-electron chi connectivity index (χ1n) is 13.9. The first-order valence-corrected chi connectivity index (χ1v) is 13.9. The van der Waals surface area contributed by atoms with Gasteiger partial charge in [-0.1, -0.05) is 78.9 Å². The van der Waals surface area contributed by atoms with E-state index < -0.39 is 18.1 Å². The lowest BCUT2D eigenvalue weighted by Crippen LogP contribution is -2.50. The monoisotopic (exact) mass is 541 g/mol. The molecule has 1 atom stereocenters. The van der Waals surface area contributed by atoms with E-state index in [1.54, 1.807) is 4.90 Å². The molecular weight excluding hydrogens is 506 g/mol. The number of alkyl carbamates (subject to hydrolysis) is 1. The molecule has 0 saturated carbocycles.